The summed E-state index contributed by atoms with van der Waals surface area (Å²) in [6.45, 7) is 2.41. The van der Waals surface area contributed by atoms with Gasteiger partial charge in [0, 0.05) is 6.54 Å². The monoisotopic (exact) mass is 340 g/mol. The molecular weight excluding hydrogens is 320 g/mol. The van der Waals surface area contributed by atoms with Gasteiger partial charge in [0.05, 0.1) is 25.3 Å². The Bertz CT molecular complexity index is 904. The first-order chi connectivity index (χ1) is 12.1. The van der Waals surface area contributed by atoms with Crippen LogP contribution < -0.4 is 20.1 Å². The molecule has 7 nitrogen and oxygen atoms in total. The number of hydrogen-bond acceptors (Lipinski definition) is 4. The number of ether oxygens (including phenoxy) is 2. The fraction of sp³-hybridized carbons (Fsp3) is 0.222. The van der Waals surface area contributed by atoms with Gasteiger partial charge in [0.25, 0.3) is 0 Å². The number of urea groups is 1. The second-order valence-corrected chi connectivity index (χ2v) is 5.37. The minimum Gasteiger partial charge on any atom is -0.493 e. The SMILES string of the molecule is CCNC(=O)Nc1nc2ccc(-c3ccc(OC)c(OC)c3)cc2[nH]1. The summed E-state index contributed by atoms with van der Waals surface area (Å²) in [5.74, 6) is 1.76. The van der Waals surface area contributed by atoms with Gasteiger partial charge in [-0.05, 0) is 42.3 Å². The molecule has 0 radical (unpaired) electrons. The molecule has 0 saturated heterocycles. The second-order valence-electron chi connectivity index (χ2n) is 5.37. The molecule has 0 spiro atoms. The van der Waals surface area contributed by atoms with Crippen molar-refractivity contribution in [2.45, 2.75) is 6.92 Å². The average molecular weight is 340 g/mol. The minimum atomic E-state index is -0.290. The molecule has 0 fully saturated rings. The zero-order valence-corrected chi connectivity index (χ0v) is 14.3. The van der Waals surface area contributed by atoms with Crippen molar-refractivity contribution in [3.8, 4) is 22.6 Å². The van der Waals surface area contributed by atoms with Crippen LogP contribution in [0.15, 0.2) is 36.4 Å². The number of carbonyl (C=O) groups excluding carboxylic acids is 1. The van der Waals surface area contributed by atoms with Gasteiger partial charge in [-0.1, -0.05) is 12.1 Å². The standard InChI is InChI=1S/C18H20N4O3/c1-4-19-18(23)22-17-20-13-7-5-11(9-14(13)21-17)12-6-8-15(24-2)16(10-12)25-3/h5-10H,4H2,1-3H3,(H3,19,20,21,22,23). The third-order valence-electron chi connectivity index (χ3n) is 3.77. The molecule has 2 amide bonds. The van der Waals surface area contributed by atoms with Crippen molar-refractivity contribution in [1.82, 2.24) is 15.3 Å². The van der Waals surface area contributed by atoms with Gasteiger partial charge in [-0.25, -0.2) is 9.78 Å². The quantitative estimate of drug-likeness (QED) is 0.664. The number of anilines is 1. The zero-order valence-electron chi connectivity index (χ0n) is 14.3. The molecule has 3 aromatic rings. The van der Waals surface area contributed by atoms with E-state index in [1.807, 2.05) is 43.3 Å². The van der Waals surface area contributed by atoms with Crippen molar-refractivity contribution >= 4 is 23.0 Å². The number of nitrogens with one attached hydrogen (secondary N) is 3. The van der Waals surface area contributed by atoms with Crippen LogP contribution in [0.4, 0.5) is 10.7 Å². The Morgan fingerprint density at radius 3 is 2.52 bits per heavy atom. The number of fused-ring (bicyclic) bond motifs is 1. The fourth-order valence-electron chi connectivity index (χ4n) is 2.58. The molecule has 7 heteroatoms. The number of rotatable bonds is 5. The van der Waals surface area contributed by atoms with E-state index in [-0.39, 0.29) is 6.03 Å². The summed E-state index contributed by atoms with van der Waals surface area (Å²) >= 11 is 0. The van der Waals surface area contributed by atoms with Crippen LogP contribution in [0.25, 0.3) is 22.2 Å². The van der Waals surface area contributed by atoms with Gasteiger partial charge in [-0.3, -0.25) is 5.32 Å². The van der Waals surface area contributed by atoms with E-state index < -0.39 is 0 Å². The van der Waals surface area contributed by atoms with Gasteiger partial charge in [0.2, 0.25) is 5.95 Å². The number of H-pyrrole nitrogens is 1. The van der Waals surface area contributed by atoms with Crippen LogP contribution in [-0.2, 0) is 0 Å². The van der Waals surface area contributed by atoms with Crippen molar-refractivity contribution in [2.24, 2.45) is 0 Å². The van der Waals surface area contributed by atoms with E-state index in [0.717, 1.165) is 22.2 Å². The Labute approximate surface area is 145 Å². The highest BCUT2D eigenvalue weighted by Gasteiger charge is 2.09. The maximum absolute atomic E-state index is 11.6. The Kier molecular flexibility index (Phi) is 4.74. The lowest BCUT2D eigenvalue weighted by molar-refractivity contribution is 0.252. The summed E-state index contributed by atoms with van der Waals surface area (Å²) in [6, 6.07) is 11.3. The molecule has 1 heterocycles. The van der Waals surface area contributed by atoms with E-state index in [1.54, 1.807) is 14.2 Å². The summed E-state index contributed by atoms with van der Waals surface area (Å²) in [5.41, 5.74) is 3.60. The van der Waals surface area contributed by atoms with Gasteiger partial charge in [-0.15, -0.1) is 0 Å². The van der Waals surface area contributed by atoms with Crippen molar-refractivity contribution in [3.63, 3.8) is 0 Å². The highest BCUT2D eigenvalue weighted by atomic mass is 16.5. The predicted molar refractivity (Wildman–Crippen MR) is 97.3 cm³/mol. The smallest absolute Gasteiger partial charge is 0.321 e. The number of nitrogens with zero attached hydrogens (tertiary/aromatic N) is 1. The molecule has 0 unspecified atom stereocenters. The molecule has 25 heavy (non-hydrogen) atoms. The van der Waals surface area contributed by atoms with E-state index in [2.05, 4.69) is 20.6 Å². The van der Waals surface area contributed by atoms with Crippen LogP contribution in [0, 0.1) is 0 Å². The summed E-state index contributed by atoms with van der Waals surface area (Å²) in [6.07, 6.45) is 0. The first-order valence-corrected chi connectivity index (χ1v) is 7.91. The van der Waals surface area contributed by atoms with Crippen LogP contribution in [0.1, 0.15) is 6.92 Å². The molecule has 0 saturated carbocycles. The van der Waals surface area contributed by atoms with Crippen LogP contribution >= 0.6 is 0 Å². The lowest BCUT2D eigenvalue weighted by Gasteiger charge is -2.09. The number of benzene rings is 2. The average Bonchev–Trinajstić information content (AvgIpc) is 3.02. The van der Waals surface area contributed by atoms with Gasteiger partial charge < -0.3 is 19.8 Å². The first kappa shape index (κ1) is 16.6. The molecule has 130 valence electrons. The molecule has 0 bridgehead atoms. The summed E-state index contributed by atoms with van der Waals surface area (Å²) in [7, 11) is 3.22. The van der Waals surface area contributed by atoms with Crippen molar-refractivity contribution in [1.29, 1.82) is 0 Å². The Balaban J connectivity index is 1.92. The number of amides is 2. The number of methoxy groups -OCH3 is 2. The highest BCUT2D eigenvalue weighted by molar-refractivity contribution is 5.90. The number of aromatic amines is 1. The summed E-state index contributed by atoms with van der Waals surface area (Å²) in [4.78, 5) is 19.1. The van der Waals surface area contributed by atoms with Gasteiger partial charge in [0.15, 0.2) is 11.5 Å². The minimum absolute atomic E-state index is 0.290. The third-order valence-corrected chi connectivity index (χ3v) is 3.77. The Morgan fingerprint density at radius 2 is 1.80 bits per heavy atom. The molecule has 2 aromatic carbocycles. The molecular formula is C18H20N4O3. The van der Waals surface area contributed by atoms with E-state index in [1.165, 1.54) is 0 Å². The molecule has 1 aromatic heterocycles. The van der Waals surface area contributed by atoms with Gasteiger partial charge in [-0.2, -0.15) is 0 Å². The number of carbonyl (C=O) groups is 1. The summed E-state index contributed by atoms with van der Waals surface area (Å²) in [5, 5.41) is 5.33. The molecule has 0 aliphatic heterocycles. The number of imidazole rings is 1. The number of aromatic nitrogens is 2. The maximum atomic E-state index is 11.6. The number of hydrogen-bond donors (Lipinski definition) is 3. The fourth-order valence-corrected chi connectivity index (χ4v) is 2.58. The summed E-state index contributed by atoms with van der Waals surface area (Å²) < 4.78 is 10.6. The van der Waals surface area contributed by atoms with Crippen molar-refractivity contribution in [2.75, 3.05) is 26.1 Å². The molecule has 0 atom stereocenters. The lowest BCUT2D eigenvalue weighted by Crippen LogP contribution is -2.28. The third kappa shape index (κ3) is 3.50. The normalized spacial score (nSPS) is 10.5. The topological polar surface area (TPSA) is 88.3 Å². The van der Waals surface area contributed by atoms with Crippen molar-refractivity contribution in [3.05, 3.63) is 36.4 Å². The largest absolute Gasteiger partial charge is 0.493 e. The van der Waals surface area contributed by atoms with Crippen LogP contribution in [0.3, 0.4) is 0 Å². The Hall–Kier alpha value is -3.22. The second kappa shape index (κ2) is 7.12. The highest BCUT2D eigenvalue weighted by Crippen LogP contribution is 2.33. The first-order valence-electron chi connectivity index (χ1n) is 7.91. The molecule has 0 aliphatic rings. The Morgan fingerprint density at radius 1 is 1.08 bits per heavy atom. The van der Waals surface area contributed by atoms with Crippen LogP contribution in [-0.4, -0.2) is 36.8 Å². The van der Waals surface area contributed by atoms with E-state index in [4.69, 9.17) is 9.47 Å². The zero-order chi connectivity index (χ0) is 17.8. The lowest BCUT2D eigenvalue weighted by atomic mass is 10.0. The van der Waals surface area contributed by atoms with Crippen LogP contribution in [0.2, 0.25) is 0 Å². The van der Waals surface area contributed by atoms with Gasteiger partial charge in [0.1, 0.15) is 0 Å². The van der Waals surface area contributed by atoms with E-state index >= 15 is 0 Å². The molecule has 3 rings (SSSR count). The molecule has 0 aliphatic carbocycles. The van der Waals surface area contributed by atoms with E-state index in [9.17, 15) is 4.79 Å². The predicted octanol–water partition coefficient (Wildman–Crippen LogP) is 3.39. The molecule has 3 N–H and O–H groups in total. The van der Waals surface area contributed by atoms with Crippen LogP contribution in [0.5, 0.6) is 11.5 Å². The van der Waals surface area contributed by atoms with Gasteiger partial charge >= 0.3 is 6.03 Å². The van der Waals surface area contributed by atoms with E-state index in [0.29, 0.717) is 24.0 Å². The maximum Gasteiger partial charge on any atom is 0.321 e. The van der Waals surface area contributed by atoms with Crippen molar-refractivity contribution < 1.29 is 14.3 Å².